The molecule has 0 spiro atoms. The molecule has 0 aromatic heterocycles. The summed E-state index contributed by atoms with van der Waals surface area (Å²) in [6.45, 7) is 6.17. The highest BCUT2D eigenvalue weighted by atomic mass is 79.9. The van der Waals surface area contributed by atoms with Crippen LogP contribution in [0.3, 0.4) is 0 Å². The number of unbranched alkanes of at least 4 members (excludes halogenated alkanes) is 1. The smallest absolute Gasteiger partial charge is 0.407 e. The van der Waals surface area contributed by atoms with Gasteiger partial charge in [0.05, 0.1) is 18.2 Å². The van der Waals surface area contributed by atoms with E-state index < -0.39 is 17.7 Å². The van der Waals surface area contributed by atoms with Gasteiger partial charge in [0.1, 0.15) is 22.7 Å². The van der Waals surface area contributed by atoms with Crippen LogP contribution in [0.25, 0.3) is 0 Å². The molecule has 0 atom stereocenters. The predicted octanol–water partition coefficient (Wildman–Crippen LogP) is 3.63. The number of hydrogen-bond acceptors (Lipinski definition) is 6. The zero-order chi connectivity index (χ0) is 19.0. The highest BCUT2D eigenvalue weighted by molar-refractivity contribution is 9.10. The lowest BCUT2D eigenvalue weighted by Crippen LogP contribution is -2.33. The maximum atomic E-state index is 11.8. The molecule has 1 aromatic carbocycles. The van der Waals surface area contributed by atoms with Gasteiger partial charge in [0.15, 0.2) is 0 Å². The van der Waals surface area contributed by atoms with Crippen LogP contribution in [0.15, 0.2) is 16.6 Å². The number of hydrogen-bond donors (Lipinski definition) is 2. The van der Waals surface area contributed by atoms with Crippen LogP contribution in [0.4, 0.5) is 4.79 Å². The first-order valence-electron chi connectivity index (χ1n) is 7.85. The Hall–Kier alpha value is -1.96. The summed E-state index contributed by atoms with van der Waals surface area (Å²) in [7, 11) is 1.23. The maximum Gasteiger partial charge on any atom is 0.407 e. The van der Waals surface area contributed by atoms with E-state index in [2.05, 4.69) is 26.0 Å². The summed E-state index contributed by atoms with van der Waals surface area (Å²) in [6.07, 6.45) is 0.863. The third kappa shape index (κ3) is 7.21. The van der Waals surface area contributed by atoms with E-state index in [0.717, 1.165) is 0 Å². The Kier molecular flexibility index (Phi) is 8.02. The fraction of sp³-hybridized carbons (Fsp3) is 0.529. The average molecular weight is 418 g/mol. The number of esters is 1. The van der Waals surface area contributed by atoms with Crippen molar-refractivity contribution in [1.29, 1.82) is 0 Å². The van der Waals surface area contributed by atoms with E-state index in [-0.39, 0.29) is 17.1 Å². The topological polar surface area (TPSA) is 94.1 Å². The molecule has 0 aliphatic rings. The van der Waals surface area contributed by atoms with Crippen molar-refractivity contribution in [2.75, 3.05) is 20.3 Å². The molecule has 1 aromatic rings. The largest absolute Gasteiger partial charge is 0.506 e. The molecule has 2 N–H and O–H groups in total. The molecule has 0 fully saturated rings. The van der Waals surface area contributed by atoms with E-state index in [9.17, 15) is 14.7 Å². The van der Waals surface area contributed by atoms with Gasteiger partial charge in [0, 0.05) is 6.54 Å². The van der Waals surface area contributed by atoms with Crippen LogP contribution < -0.4 is 10.1 Å². The van der Waals surface area contributed by atoms with Gasteiger partial charge in [0.25, 0.3) is 0 Å². The van der Waals surface area contributed by atoms with E-state index in [1.807, 2.05) is 0 Å². The number of halogens is 1. The van der Waals surface area contributed by atoms with E-state index >= 15 is 0 Å². The van der Waals surface area contributed by atoms with Gasteiger partial charge < -0.3 is 24.6 Å². The van der Waals surface area contributed by atoms with Crippen LogP contribution in [0.1, 0.15) is 44.0 Å². The van der Waals surface area contributed by atoms with Crippen LogP contribution in [-0.2, 0) is 9.47 Å². The first-order chi connectivity index (χ1) is 11.7. The van der Waals surface area contributed by atoms with Crippen molar-refractivity contribution in [2.24, 2.45) is 0 Å². The van der Waals surface area contributed by atoms with Gasteiger partial charge in [-0.25, -0.2) is 9.59 Å². The molecule has 0 bridgehead atoms. The van der Waals surface area contributed by atoms with Gasteiger partial charge in [-0.05, 0) is 61.7 Å². The van der Waals surface area contributed by atoms with Gasteiger partial charge in [-0.1, -0.05) is 0 Å². The molecule has 0 aliphatic carbocycles. The molecule has 0 saturated carbocycles. The lowest BCUT2D eigenvalue weighted by atomic mass is 10.2. The molecule has 1 rings (SSSR count). The lowest BCUT2D eigenvalue weighted by Gasteiger charge is -2.19. The zero-order valence-electron chi connectivity index (χ0n) is 14.8. The Morgan fingerprint density at radius 2 is 1.92 bits per heavy atom. The number of nitrogens with one attached hydrogen (secondary N) is 1. The Morgan fingerprint density at radius 1 is 1.24 bits per heavy atom. The highest BCUT2D eigenvalue weighted by Gasteiger charge is 2.20. The summed E-state index contributed by atoms with van der Waals surface area (Å²) >= 11 is 3.15. The summed E-state index contributed by atoms with van der Waals surface area (Å²) in [4.78, 5) is 23.3. The SMILES string of the molecule is COC(=O)c1c(OCCCCNC(=O)OC(C)(C)C)ccc(Br)c1O. The van der Waals surface area contributed by atoms with E-state index in [4.69, 9.17) is 9.47 Å². The number of carbonyl (C=O) groups excluding carboxylic acids is 2. The van der Waals surface area contributed by atoms with Crippen molar-refractivity contribution in [3.05, 3.63) is 22.2 Å². The number of phenolic OH excluding ortho intramolecular Hbond substituents is 1. The third-order valence-corrected chi connectivity index (χ3v) is 3.62. The zero-order valence-corrected chi connectivity index (χ0v) is 16.4. The van der Waals surface area contributed by atoms with Crippen LogP contribution in [0.2, 0.25) is 0 Å². The molecular weight excluding hydrogens is 394 g/mol. The number of aromatic hydroxyl groups is 1. The number of ether oxygens (including phenoxy) is 3. The van der Waals surface area contributed by atoms with Crippen molar-refractivity contribution in [3.63, 3.8) is 0 Å². The highest BCUT2D eigenvalue weighted by Crippen LogP contribution is 2.35. The maximum absolute atomic E-state index is 11.8. The molecule has 0 heterocycles. The first-order valence-corrected chi connectivity index (χ1v) is 8.64. The lowest BCUT2D eigenvalue weighted by molar-refractivity contribution is 0.0524. The summed E-state index contributed by atoms with van der Waals surface area (Å²) in [5, 5.41) is 12.6. The van der Waals surface area contributed by atoms with Crippen LogP contribution in [0, 0.1) is 0 Å². The summed E-state index contributed by atoms with van der Waals surface area (Å²) in [5.74, 6) is -0.663. The second-order valence-corrected chi connectivity index (χ2v) is 7.10. The molecule has 8 heteroatoms. The van der Waals surface area contributed by atoms with E-state index in [1.165, 1.54) is 7.11 Å². The predicted molar refractivity (Wildman–Crippen MR) is 96.1 cm³/mol. The van der Waals surface area contributed by atoms with Crippen molar-refractivity contribution < 1.29 is 28.9 Å². The van der Waals surface area contributed by atoms with Crippen molar-refractivity contribution >= 4 is 28.0 Å². The fourth-order valence-electron chi connectivity index (χ4n) is 1.88. The van der Waals surface area contributed by atoms with Crippen molar-refractivity contribution in [3.8, 4) is 11.5 Å². The molecule has 0 radical (unpaired) electrons. The molecule has 0 aliphatic heterocycles. The van der Waals surface area contributed by atoms with Crippen molar-refractivity contribution in [1.82, 2.24) is 5.32 Å². The molecule has 140 valence electrons. The van der Waals surface area contributed by atoms with E-state index in [0.29, 0.717) is 30.5 Å². The summed E-state index contributed by atoms with van der Waals surface area (Å²) in [6, 6.07) is 3.16. The quantitative estimate of drug-likeness (QED) is 0.519. The second kappa shape index (κ2) is 9.50. The number of phenols is 1. The van der Waals surface area contributed by atoms with Gasteiger partial charge in [-0.3, -0.25) is 0 Å². The van der Waals surface area contributed by atoms with E-state index in [1.54, 1.807) is 32.9 Å². The van der Waals surface area contributed by atoms with Gasteiger partial charge >= 0.3 is 12.1 Å². The Bertz CT molecular complexity index is 612. The molecule has 7 nitrogen and oxygen atoms in total. The van der Waals surface area contributed by atoms with Gasteiger partial charge in [-0.2, -0.15) is 0 Å². The number of benzene rings is 1. The van der Waals surface area contributed by atoms with Crippen LogP contribution >= 0.6 is 15.9 Å². The first kappa shape index (κ1) is 21.1. The Balaban J connectivity index is 2.44. The number of rotatable bonds is 7. The minimum absolute atomic E-state index is 0.0243. The van der Waals surface area contributed by atoms with Crippen LogP contribution in [-0.4, -0.2) is 43.0 Å². The Morgan fingerprint density at radius 3 is 2.52 bits per heavy atom. The number of methoxy groups -OCH3 is 1. The van der Waals surface area contributed by atoms with Crippen molar-refractivity contribution in [2.45, 2.75) is 39.2 Å². The summed E-state index contributed by atoms with van der Waals surface area (Å²) < 4.78 is 15.7. The summed E-state index contributed by atoms with van der Waals surface area (Å²) in [5.41, 5.74) is -0.551. The van der Waals surface area contributed by atoms with Crippen LogP contribution in [0.5, 0.6) is 11.5 Å². The minimum Gasteiger partial charge on any atom is -0.506 e. The van der Waals surface area contributed by atoms with Gasteiger partial charge in [-0.15, -0.1) is 0 Å². The fourth-order valence-corrected chi connectivity index (χ4v) is 2.21. The molecule has 25 heavy (non-hydrogen) atoms. The second-order valence-electron chi connectivity index (χ2n) is 6.24. The number of alkyl carbamates (subject to hydrolysis) is 1. The van der Waals surface area contributed by atoms with Gasteiger partial charge in [0.2, 0.25) is 0 Å². The average Bonchev–Trinajstić information content (AvgIpc) is 2.51. The molecule has 1 amide bonds. The standard InChI is InChI=1S/C17H24BrNO6/c1-17(2,3)25-16(22)19-9-5-6-10-24-12-8-7-11(18)14(20)13(12)15(21)23-4/h7-8,20H,5-6,9-10H2,1-4H3,(H,19,22). The third-order valence-electron chi connectivity index (χ3n) is 2.98. The Labute approximate surface area is 155 Å². The minimum atomic E-state index is -0.680. The molecule has 0 saturated heterocycles. The molecular formula is C17H24BrNO6. The monoisotopic (exact) mass is 417 g/mol. The normalized spacial score (nSPS) is 10.9. The number of amides is 1. The number of carbonyl (C=O) groups is 2. The molecule has 0 unspecified atom stereocenters.